The van der Waals surface area contributed by atoms with Crippen LogP contribution in [0.25, 0.3) is 0 Å². The maximum Gasteiger partial charge on any atom is 0.161 e. The van der Waals surface area contributed by atoms with Gasteiger partial charge in [-0.25, -0.2) is 0 Å². The van der Waals surface area contributed by atoms with E-state index < -0.39 is 0 Å². The van der Waals surface area contributed by atoms with Crippen molar-refractivity contribution >= 4 is 12.4 Å². The van der Waals surface area contributed by atoms with Gasteiger partial charge in [0, 0.05) is 19.8 Å². The summed E-state index contributed by atoms with van der Waals surface area (Å²) in [5, 5.41) is 0. The third-order valence-corrected chi connectivity index (χ3v) is 8.16. The Bertz CT molecular complexity index is 700. The second-order valence-electron chi connectivity index (χ2n) is 11.7. The predicted octanol–water partition coefficient (Wildman–Crippen LogP) is 9.01. The van der Waals surface area contributed by atoms with E-state index in [2.05, 4.69) is 4.90 Å². The number of benzene rings is 1. The predicted molar refractivity (Wildman–Crippen MR) is 169 cm³/mol. The lowest BCUT2D eigenvalue weighted by Gasteiger charge is -2.26. The Hall–Kier alpha value is -1.01. The molecule has 0 aromatic heterocycles. The molecule has 2 aliphatic heterocycles. The Morgan fingerprint density at radius 3 is 1.70 bits per heavy atom. The Kier molecular flexibility index (Phi) is 21.6. The lowest BCUT2D eigenvalue weighted by molar-refractivity contribution is 0.00778. The minimum atomic E-state index is 0. The molecule has 0 saturated carbocycles. The fourth-order valence-electron chi connectivity index (χ4n) is 5.71. The van der Waals surface area contributed by atoms with Crippen LogP contribution in [-0.2, 0) is 9.47 Å². The summed E-state index contributed by atoms with van der Waals surface area (Å²) in [4.78, 5) is 2.68. The second kappa shape index (κ2) is 24.6. The largest absolute Gasteiger partial charge is 0.486 e. The zero-order valence-corrected chi connectivity index (χ0v) is 26.3. The van der Waals surface area contributed by atoms with Gasteiger partial charge in [-0.15, -0.1) is 12.4 Å². The summed E-state index contributed by atoms with van der Waals surface area (Å²) in [6, 6.07) is 7.84. The van der Waals surface area contributed by atoms with Gasteiger partial charge in [-0.1, -0.05) is 95.6 Å². The van der Waals surface area contributed by atoms with Crippen molar-refractivity contribution in [2.75, 3.05) is 52.7 Å². The van der Waals surface area contributed by atoms with Crippen LogP contribution in [0.5, 0.6) is 11.5 Å². The number of hydrogen-bond acceptors (Lipinski definition) is 5. The molecule has 0 radical (unpaired) electrons. The summed E-state index contributed by atoms with van der Waals surface area (Å²) >= 11 is 0. The molecule has 0 N–H and O–H groups in total. The summed E-state index contributed by atoms with van der Waals surface area (Å²) < 4.78 is 23.4. The van der Waals surface area contributed by atoms with Crippen molar-refractivity contribution in [1.82, 2.24) is 4.90 Å². The van der Waals surface area contributed by atoms with Crippen LogP contribution in [0.3, 0.4) is 0 Å². The molecule has 3 rings (SSSR count). The van der Waals surface area contributed by atoms with Crippen molar-refractivity contribution in [3.05, 3.63) is 24.3 Å². The van der Waals surface area contributed by atoms with Crippen LogP contribution in [-0.4, -0.2) is 63.7 Å². The number of piperidine rings is 1. The topological polar surface area (TPSA) is 40.2 Å². The van der Waals surface area contributed by atoms with Crippen molar-refractivity contribution in [3.8, 4) is 11.5 Å². The van der Waals surface area contributed by atoms with E-state index in [0.717, 1.165) is 37.7 Å². The molecular weight excluding hydrogens is 522 g/mol. The third-order valence-electron chi connectivity index (χ3n) is 8.16. The van der Waals surface area contributed by atoms with Crippen LogP contribution >= 0.6 is 12.4 Å². The molecule has 1 aromatic rings. The van der Waals surface area contributed by atoms with Crippen LogP contribution in [0.1, 0.15) is 122 Å². The van der Waals surface area contributed by atoms with Gasteiger partial charge in [0.25, 0.3) is 0 Å². The molecule has 2 heterocycles. The number of fused-ring (bicyclic) bond motifs is 1. The van der Waals surface area contributed by atoms with Crippen molar-refractivity contribution in [1.29, 1.82) is 0 Å². The van der Waals surface area contributed by atoms with E-state index in [1.54, 1.807) is 0 Å². The molecule has 1 fully saturated rings. The number of para-hydroxylation sites is 2. The maximum absolute atomic E-state index is 5.93. The smallest absolute Gasteiger partial charge is 0.161 e. The molecule has 1 unspecified atom stereocenters. The molecule has 232 valence electrons. The lowest BCUT2D eigenvalue weighted by atomic mass is 10.1. The van der Waals surface area contributed by atoms with Gasteiger partial charge in [-0.3, -0.25) is 0 Å². The first-order chi connectivity index (χ1) is 19.4. The van der Waals surface area contributed by atoms with E-state index in [1.165, 1.54) is 135 Å². The van der Waals surface area contributed by atoms with Gasteiger partial charge in [0.05, 0.1) is 6.61 Å². The molecule has 0 amide bonds. The quantitative estimate of drug-likeness (QED) is 0.114. The molecule has 2 aliphatic rings. The molecule has 1 saturated heterocycles. The van der Waals surface area contributed by atoms with Crippen LogP contribution < -0.4 is 9.47 Å². The highest BCUT2D eigenvalue weighted by Crippen LogP contribution is 2.30. The van der Waals surface area contributed by atoms with Crippen LogP contribution in [0.2, 0.25) is 0 Å². The fourth-order valence-corrected chi connectivity index (χ4v) is 5.71. The van der Waals surface area contributed by atoms with Crippen LogP contribution in [0, 0.1) is 0 Å². The number of ether oxygens (including phenoxy) is 4. The van der Waals surface area contributed by atoms with E-state index in [9.17, 15) is 0 Å². The zero-order chi connectivity index (χ0) is 27.1. The molecular formula is C34H60ClNO4. The number of likely N-dealkylation sites (tertiary alicyclic amines) is 1. The highest BCUT2D eigenvalue weighted by Gasteiger charge is 2.20. The normalized spacial score (nSPS) is 17.1. The molecule has 1 atom stereocenters. The first kappa shape index (κ1) is 35.2. The van der Waals surface area contributed by atoms with Gasteiger partial charge in [0.1, 0.15) is 6.61 Å². The Morgan fingerprint density at radius 2 is 1.10 bits per heavy atom. The van der Waals surface area contributed by atoms with Crippen molar-refractivity contribution < 1.29 is 18.9 Å². The summed E-state index contributed by atoms with van der Waals surface area (Å²) in [5.41, 5.74) is 0. The molecule has 0 spiro atoms. The fraction of sp³-hybridized carbons (Fsp3) is 0.824. The van der Waals surface area contributed by atoms with Gasteiger partial charge in [-0.2, -0.15) is 0 Å². The zero-order valence-electron chi connectivity index (χ0n) is 25.5. The Balaban J connectivity index is 0.00000560. The molecule has 5 nitrogen and oxygen atoms in total. The van der Waals surface area contributed by atoms with Crippen molar-refractivity contribution in [2.24, 2.45) is 0 Å². The Morgan fingerprint density at radius 1 is 0.600 bits per heavy atom. The minimum Gasteiger partial charge on any atom is -0.486 e. The summed E-state index contributed by atoms with van der Waals surface area (Å²) in [6.07, 6.45) is 25.7. The Labute approximate surface area is 252 Å². The monoisotopic (exact) mass is 581 g/mol. The standard InChI is InChI=1S/C34H59NO4.ClH/c1(5-9-16-24-35-25-17-13-18-26-35)2-6-10-19-27-36-28-20-11-7-3-4-8-12-21-29-37-30-32-31-38-33-22-14-15-23-34(33)39-32;/h14-15,22-23,32H,1-13,16-21,24-31H2;1H. The average molecular weight is 582 g/mol. The highest BCUT2D eigenvalue weighted by molar-refractivity contribution is 5.85. The van der Waals surface area contributed by atoms with Gasteiger partial charge < -0.3 is 23.8 Å². The van der Waals surface area contributed by atoms with Crippen LogP contribution in [0.15, 0.2) is 24.3 Å². The summed E-state index contributed by atoms with van der Waals surface area (Å²) in [5.74, 6) is 1.66. The number of halogens is 1. The molecule has 1 aromatic carbocycles. The SMILES string of the molecule is Cl.c1ccc2c(c1)OCC(COCCCCCCCCCCOCCCCCCCCCCN1CCCCC1)O2. The van der Waals surface area contributed by atoms with Gasteiger partial charge in [0.2, 0.25) is 0 Å². The number of rotatable bonds is 24. The highest BCUT2D eigenvalue weighted by atomic mass is 35.5. The van der Waals surface area contributed by atoms with Gasteiger partial charge in [0.15, 0.2) is 17.6 Å². The van der Waals surface area contributed by atoms with E-state index in [0.29, 0.717) is 13.2 Å². The lowest BCUT2D eigenvalue weighted by Crippen LogP contribution is -2.33. The third kappa shape index (κ3) is 17.1. The second-order valence-corrected chi connectivity index (χ2v) is 11.7. The first-order valence-corrected chi connectivity index (χ1v) is 16.7. The molecule has 0 bridgehead atoms. The van der Waals surface area contributed by atoms with Crippen LogP contribution in [0.4, 0.5) is 0 Å². The number of unbranched alkanes of at least 4 members (excludes halogenated alkanes) is 14. The van der Waals surface area contributed by atoms with E-state index >= 15 is 0 Å². The van der Waals surface area contributed by atoms with Crippen molar-refractivity contribution in [2.45, 2.75) is 128 Å². The molecule has 6 heteroatoms. The van der Waals surface area contributed by atoms with E-state index in [-0.39, 0.29) is 18.5 Å². The minimum absolute atomic E-state index is 0. The molecule has 0 aliphatic carbocycles. The maximum atomic E-state index is 5.93. The first-order valence-electron chi connectivity index (χ1n) is 16.7. The molecule has 40 heavy (non-hydrogen) atoms. The number of hydrogen-bond donors (Lipinski definition) is 0. The summed E-state index contributed by atoms with van der Waals surface area (Å²) in [7, 11) is 0. The van der Waals surface area contributed by atoms with Gasteiger partial charge >= 0.3 is 0 Å². The number of nitrogens with zero attached hydrogens (tertiary/aromatic N) is 1. The average Bonchev–Trinajstić information content (AvgIpc) is 2.98. The van der Waals surface area contributed by atoms with E-state index in [1.807, 2.05) is 24.3 Å². The van der Waals surface area contributed by atoms with Gasteiger partial charge in [-0.05, 0) is 70.3 Å². The van der Waals surface area contributed by atoms with Crippen molar-refractivity contribution in [3.63, 3.8) is 0 Å². The summed E-state index contributed by atoms with van der Waals surface area (Å²) in [6.45, 7) is 7.96. The van der Waals surface area contributed by atoms with E-state index in [4.69, 9.17) is 18.9 Å².